The summed E-state index contributed by atoms with van der Waals surface area (Å²) < 4.78 is 5.78. The van der Waals surface area contributed by atoms with E-state index >= 15 is 0 Å². The predicted octanol–water partition coefficient (Wildman–Crippen LogP) is 2.53. The molecule has 1 heterocycles. The van der Waals surface area contributed by atoms with Gasteiger partial charge in [0.2, 0.25) is 5.91 Å². The normalized spacial score (nSPS) is 23.7. The van der Waals surface area contributed by atoms with Crippen LogP contribution in [0.4, 0.5) is 5.69 Å². The monoisotopic (exact) mass is 288 g/mol. The summed E-state index contributed by atoms with van der Waals surface area (Å²) in [5.74, 6) is 1.92. The standard InChI is InChI=1S/C17H24N2O2/c1-13(20)18(2)15-4-6-16(7-5-15)21-11-3-9-19-10-8-14-12-17(14)19/h4-7,14,17H,3,8-12H2,1-2H3/t14-,17+/m0/s1. The molecule has 1 saturated carbocycles. The number of nitrogens with zero attached hydrogens (tertiary/aromatic N) is 2. The number of fused-ring (bicyclic) bond motifs is 1. The predicted molar refractivity (Wildman–Crippen MR) is 83.7 cm³/mol. The Bertz CT molecular complexity index is 500. The van der Waals surface area contributed by atoms with Crippen molar-refractivity contribution < 1.29 is 9.53 Å². The minimum Gasteiger partial charge on any atom is -0.494 e. The molecule has 1 aliphatic carbocycles. The van der Waals surface area contributed by atoms with Crippen LogP contribution in [0, 0.1) is 5.92 Å². The zero-order valence-electron chi connectivity index (χ0n) is 12.9. The van der Waals surface area contributed by atoms with E-state index in [0.29, 0.717) is 0 Å². The third kappa shape index (κ3) is 3.38. The quantitative estimate of drug-likeness (QED) is 0.754. The van der Waals surface area contributed by atoms with Gasteiger partial charge in [-0.25, -0.2) is 0 Å². The number of amides is 1. The van der Waals surface area contributed by atoms with Gasteiger partial charge in [-0.2, -0.15) is 0 Å². The SMILES string of the molecule is CC(=O)N(C)c1ccc(OCCCN2CC[C@H]3C[C@H]32)cc1. The fraction of sp³-hybridized carbons (Fsp3) is 0.588. The molecular formula is C17H24N2O2. The van der Waals surface area contributed by atoms with Crippen LogP contribution >= 0.6 is 0 Å². The maximum absolute atomic E-state index is 11.3. The largest absolute Gasteiger partial charge is 0.494 e. The first-order valence-electron chi connectivity index (χ1n) is 7.86. The lowest BCUT2D eigenvalue weighted by Gasteiger charge is -2.18. The zero-order valence-corrected chi connectivity index (χ0v) is 12.9. The highest BCUT2D eigenvalue weighted by molar-refractivity contribution is 5.90. The van der Waals surface area contributed by atoms with Crippen molar-refractivity contribution in [3.63, 3.8) is 0 Å². The lowest BCUT2D eigenvalue weighted by Crippen LogP contribution is -2.25. The molecule has 0 bridgehead atoms. The number of piperidine rings is 1. The van der Waals surface area contributed by atoms with Gasteiger partial charge in [0, 0.05) is 32.2 Å². The van der Waals surface area contributed by atoms with Gasteiger partial charge >= 0.3 is 0 Å². The molecule has 4 heteroatoms. The Morgan fingerprint density at radius 3 is 2.71 bits per heavy atom. The molecule has 4 nitrogen and oxygen atoms in total. The Labute approximate surface area is 126 Å². The third-order valence-electron chi connectivity index (χ3n) is 4.70. The number of carbonyl (C=O) groups excluding carboxylic acids is 1. The van der Waals surface area contributed by atoms with Gasteiger partial charge in [0.15, 0.2) is 0 Å². The van der Waals surface area contributed by atoms with Gasteiger partial charge in [-0.1, -0.05) is 0 Å². The Hall–Kier alpha value is -1.55. The number of rotatable bonds is 6. The number of hydrogen-bond donors (Lipinski definition) is 0. The molecule has 0 N–H and O–H groups in total. The molecule has 2 atom stereocenters. The topological polar surface area (TPSA) is 32.8 Å². The first kappa shape index (κ1) is 14.4. The van der Waals surface area contributed by atoms with E-state index in [9.17, 15) is 4.79 Å². The number of carbonyl (C=O) groups is 1. The van der Waals surface area contributed by atoms with E-state index < -0.39 is 0 Å². The van der Waals surface area contributed by atoms with Crippen LogP contribution in [0.3, 0.4) is 0 Å². The molecule has 0 unspecified atom stereocenters. The molecule has 0 spiro atoms. The van der Waals surface area contributed by atoms with Gasteiger partial charge in [-0.15, -0.1) is 0 Å². The molecule has 0 aromatic heterocycles. The van der Waals surface area contributed by atoms with Crippen molar-refractivity contribution in [1.29, 1.82) is 0 Å². The van der Waals surface area contributed by atoms with E-state index in [1.807, 2.05) is 24.3 Å². The van der Waals surface area contributed by atoms with E-state index in [-0.39, 0.29) is 5.91 Å². The zero-order chi connectivity index (χ0) is 14.8. The van der Waals surface area contributed by atoms with E-state index in [2.05, 4.69) is 4.90 Å². The number of likely N-dealkylation sites (tertiary alicyclic amines) is 1. The van der Waals surface area contributed by atoms with Crippen LogP contribution in [-0.4, -0.2) is 43.6 Å². The average molecular weight is 288 g/mol. The molecule has 114 valence electrons. The summed E-state index contributed by atoms with van der Waals surface area (Å²) in [6.07, 6.45) is 3.90. The number of ether oxygens (including phenoxy) is 1. The van der Waals surface area contributed by atoms with Crippen LogP contribution in [-0.2, 0) is 4.79 Å². The first-order chi connectivity index (χ1) is 10.1. The molecule has 1 aromatic rings. The number of anilines is 1. The summed E-state index contributed by atoms with van der Waals surface area (Å²) in [4.78, 5) is 15.5. The smallest absolute Gasteiger partial charge is 0.223 e. The lowest BCUT2D eigenvalue weighted by molar-refractivity contribution is -0.116. The van der Waals surface area contributed by atoms with Crippen molar-refractivity contribution in [3.05, 3.63) is 24.3 Å². The van der Waals surface area contributed by atoms with Crippen LogP contribution in [0.15, 0.2) is 24.3 Å². The molecule has 1 aromatic carbocycles. The highest BCUT2D eigenvalue weighted by atomic mass is 16.5. The Morgan fingerprint density at radius 1 is 1.38 bits per heavy atom. The molecule has 1 saturated heterocycles. The summed E-state index contributed by atoms with van der Waals surface area (Å²) in [7, 11) is 1.78. The second-order valence-corrected chi connectivity index (χ2v) is 6.16. The van der Waals surface area contributed by atoms with Gasteiger partial charge in [-0.3, -0.25) is 9.69 Å². The Kier molecular flexibility index (Phi) is 4.15. The molecule has 2 fully saturated rings. The molecule has 1 amide bonds. The fourth-order valence-corrected chi connectivity index (χ4v) is 3.17. The molecular weight excluding hydrogens is 264 g/mol. The molecule has 21 heavy (non-hydrogen) atoms. The lowest BCUT2D eigenvalue weighted by atomic mass is 10.3. The second-order valence-electron chi connectivity index (χ2n) is 6.16. The van der Waals surface area contributed by atoms with Crippen molar-refractivity contribution in [3.8, 4) is 5.75 Å². The highest BCUT2D eigenvalue weighted by Crippen LogP contribution is 2.44. The van der Waals surface area contributed by atoms with Gasteiger partial charge in [0.1, 0.15) is 5.75 Å². The van der Waals surface area contributed by atoms with Crippen molar-refractivity contribution in [2.24, 2.45) is 5.92 Å². The summed E-state index contributed by atoms with van der Waals surface area (Å²) in [5, 5.41) is 0. The average Bonchev–Trinajstić information content (AvgIpc) is 3.17. The Balaban J connectivity index is 1.40. The fourth-order valence-electron chi connectivity index (χ4n) is 3.17. The van der Waals surface area contributed by atoms with Gasteiger partial charge in [-0.05, 0) is 56.0 Å². The van der Waals surface area contributed by atoms with E-state index in [1.54, 1.807) is 18.9 Å². The minimum atomic E-state index is 0.0349. The van der Waals surface area contributed by atoms with E-state index in [0.717, 1.165) is 43.0 Å². The maximum atomic E-state index is 11.3. The van der Waals surface area contributed by atoms with Crippen molar-refractivity contribution in [2.75, 3.05) is 31.6 Å². The number of hydrogen-bond acceptors (Lipinski definition) is 3. The molecule has 3 rings (SSSR count). The van der Waals surface area contributed by atoms with Crippen LogP contribution < -0.4 is 9.64 Å². The summed E-state index contributed by atoms with van der Waals surface area (Å²) in [6.45, 7) is 4.76. The van der Waals surface area contributed by atoms with Gasteiger partial charge < -0.3 is 9.64 Å². The third-order valence-corrected chi connectivity index (χ3v) is 4.70. The summed E-state index contributed by atoms with van der Waals surface area (Å²) >= 11 is 0. The van der Waals surface area contributed by atoms with Crippen LogP contribution in [0.25, 0.3) is 0 Å². The summed E-state index contributed by atoms with van der Waals surface area (Å²) in [6, 6.07) is 8.60. The number of benzene rings is 1. The summed E-state index contributed by atoms with van der Waals surface area (Å²) in [5.41, 5.74) is 0.895. The van der Waals surface area contributed by atoms with Crippen LogP contribution in [0.1, 0.15) is 26.2 Å². The highest BCUT2D eigenvalue weighted by Gasteiger charge is 2.46. The van der Waals surface area contributed by atoms with Crippen molar-refractivity contribution in [1.82, 2.24) is 4.90 Å². The van der Waals surface area contributed by atoms with Gasteiger partial charge in [0.05, 0.1) is 6.61 Å². The maximum Gasteiger partial charge on any atom is 0.223 e. The van der Waals surface area contributed by atoms with Gasteiger partial charge in [0.25, 0.3) is 0 Å². The van der Waals surface area contributed by atoms with E-state index in [4.69, 9.17) is 4.74 Å². The molecule has 2 aliphatic rings. The Morgan fingerprint density at radius 2 is 2.14 bits per heavy atom. The van der Waals surface area contributed by atoms with Crippen LogP contribution in [0.5, 0.6) is 5.75 Å². The van der Waals surface area contributed by atoms with Crippen molar-refractivity contribution >= 4 is 11.6 Å². The van der Waals surface area contributed by atoms with Crippen molar-refractivity contribution in [2.45, 2.75) is 32.2 Å². The van der Waals surface area contributed by atoms with E-state index in [1.165, 1.54) is 19.4 Å². The second kappa shape index (κ2) is 6.06. The minimum absolute atomic E-state index is 0.0349. The molecule has 0 radical (unpaired) electrons. The van der Waals surface area contributed by atoms with Crippen LogP contribution in [0.2, 0.25) is 0 Å². The first-order valence-corrected chi connectivity index (χ1v) is 7.86. The molecule has 1 aliphatic heterocycles.